The number of aliphatic carboxylic acids is 1. The molecule has 34 heavy (non-hydrogen) atoms. The van der Waals surface area contributed by atoms with Gasteiger partial charge in [-0.25, -0.2) is 4.98 Å². The van der Waals surface area contributed by atoms with Crippen LogP contribution in [-0.2, 0) is 4.79 Å². The monoisotopic (exact) mass is 551 g/mol. The molecule has 9 heteroatoms. The summed E-state index contributed by atoms with van der Waals surface area (Å²) < 4.78 is 6.88. The molecule has 1 heterocycles. The number of hydrogen-bond acceptors (Lipinski definition) is 5. The summed E-state index contributed by atoms with van der Waals surface area (Å²) in [5.74, 6) is 0.319. The molecule has 7 nitrogen and oxygen atoms in total. The zero-order valence-electron chi connectivity index (χ0n) is 19.6. The van der Waals surface area contributed by atoms with Gasteiger partial charge >= 0.3 is 5.97 Å². The first-order valence-electron chi connectivity index (χ1n) is 11.5. The van der Waals surface area contributed by atoms with Crippen molar-refractivity contribution < 1.29 is 19.4 Å². The van der Waals surface area contributed by atoms with E-state index < -0.39 is 5.97 Å². The Hall–Kier alpha value is -2.32. The van der Waals surface area contributed by atoms with Crippen LogP contribution in [-0.4, -0.2) is 34.6 Å². The molecule has 1 fully saturated rings. The number of carbonyl (C=O) groups is 2. The summed E-state index contributed by atoms with van der Waals surface area (Å²) in [5, 5.41) is 15.7. The fraction of sp³-hybridized carbons (Fsp3) is 0.480. The van der Waals surface area contributed by atoms with Gasteiger partial charge in [0.05, 0.1) is 28.6 Å². The van der Waals surface area contributed by atoms with Crippen LogP contribution in [0.4, 0.5) is 5.82 Å². The molecule has 1 aliphatic carbocycles. The number of pyridine rings is 1. The van der Waals surface area contributed by atoms with Crippen LogP contribution < -0.4 is 15.4 Å². The summed E-state index contributed by atoms with van der Waals surface area (Å²) in [6.45, 7) is 6.47. The average Bonchev–Trinajstić information content (AvgIpc) is 2.79. The van der Waals surface area contributed by atoms with E-state index >= 15 is 0 Å². The molecule has 1 atom stereocenters. The highest BCUT2D eigenvalue weighted by molar-refractivity contribution is 9.10. The van der Waals surface area contributed by atoms with Crippen LogP contribution in [0, 0.1) is 11.8 Å². The number of nitrogens with one attached hydrogen (secondary N) is 2. The molecule has 0 radical (unpaired) electrons. The highest BCUT2D eigenvalue weighted by atomic mass is 79.9. The first kappa shape index (κ1) is 26.3. The van der Waals surface area contributed by atoms with Gasteiger partial charge in [-0.05, 0) is 76.6 Å². The number of aromatic nitrogens is 1. The minimum absolute atomic E-state index is 0.0406. The topological polar surface area (TPSA) is 101 Å². The van der Waals surface area contributed by atoms with E-state index in [1.165, 1.54) is 6.20 Å². The lowest BCUT2D eigenvalue weighted by Gasteiger charge is -2.26. The normalized spacial score (nSPS) is 18.9. The van der Waals surface area contributed by atoms with E-state index in [-0.39, 0.29) is 29.9 Å². The Bertz CT molecular complexity index is 1030. The molecule has 1 amide bonds. The van der Waals surface area contributed by atoms with Crippen LogP contribution >= 0.6 is 27.5 Å². The SMILES string of the molecule is CC(C)Oc1ccc(Br)cc1[C@H](C)Nc1ncc(C(=O)NCC2CCC(C(=O)O)CC2)cc1Cl. The molecule has 1 aliphatic rings. The maximum atomic E-state index is 12.6. The Balaban J connectivity index is 1.60. The van der Waals surface area contributed by atoms with Gasteiger partial charge in [0.2, 0.25) is 0 Å². The molecule has 0 bridgehead atoms. The quantitative estimate of drug-likeness (QED) is 0.349. The predicted octanol–water partition coefficient (Wildman–Crippen LogP) is 6.08. The summed E-state index contributed by atoms with van der Waals surface area (Å²) in [5.41, 5.74) is 1.34. The predicted molar refractivity (Wildman–Crippen MR) is 137 cm³/mol. The third kappa shape index (κ3) is 7.09. The first-order chi connectivity index (χ1) is 16.1. The number of hydrogen-bond donors (Lipinski definition) is 3. The smallest absolute Gasteiger partial charge is 0.306 e. The number of nitrogens with zero attached hydrogens (tertiary/aromatic N) is 1. The lowest BCUT2D eigenvalue weighted by molar-refractivity contribution is -0.143. The summed E-state index contributed by atoms with van der Waals surface area (Å²) >= 11 is 9.97. The number of carboxylic acids is 1. The Kier molecular flexibility index (Phi) is 9.19. The highest BCUT2D eigenvalue weighted by Crippen LogP contribution is 2.33. The lowest BCUT2D eigenvalue weighted by atomic mass is 9.82. The fourth-order valence-corrected chi connectivity index (χ4v) is 4.72. The number of halogens is 2. The van der Waals surface area contributed by atoms with Gasteiger partial charge in [-0.1, -0.05) is 27.5 Å². The number of anilines is 1. The number of amides is 1. The van der Waals surface area contributed by atoms with Crippen molar-refractivity contribution in [1.82, 2.24) is 10.3 Å². The molecular weight excluding hydrogens is 522 g/mol. The Labute approximate surface area is 213 Å². The van der Waals surface area contributed by atoms with Crippen molar-refractivity contribution >= 4 is 45.2 Å². The van der Waals surface area contributed by atoms with Gasteiger partial charge in [0.25, 0.3) is 5.91 Å². The van der Waals surface area contributed by atoms with E-state index in [0.29, 0.717) is 35.8 Å². The van der Waals surface area contributed by atoms with Crippen molar-refractivity contribution in [1.29, 1.82) is 0 Å². The molecule has 1 saturated carbocycles. The zero-order valence-corrected chi connectivity index (χ0v) is 21.9. The van der Waals surface area contributed by atoms with Crippen LogP contribution in [0.15, 0.2) is 34.9 Å². The maximum absolute atomic E-state index is 12.6. The standard InChI is InChI=1S/C25H31BrClN3O4/c1-14(2)34-22-9-8-19(26)11-20(22)15(3)30-23-21(27)10-18(13-28-23)24(31)29-12-16-4-6-17(7-5-16)25(32)33/h8-11,13-17H,4-7,12H2,1-3H3,(H,28,30)(H,29,31)(H,32,33)/t15-,16?,17?/m0/s1. The van der Waals surface area contributed by atoms with E-state index in [4.69, 9.17) is 21.4 Å². The van der Waals surface area contributed by atoms with E-state index in [1.54, 1.807) is 6.07 Å². The number of carbonyl (C=O) groups excluding carboxylic acids is 1. The number of carboxylic acid groups (broad SMARTS) is 1. The van der Waals surface area contributed by atoms with Crippen molar-refractivity contribution in [2.75, 3.05) is 11.9 Å². The van der Waals surface area contributed by atoms with Gasteiger partial charge in [0.1, 0.15) is 11.6 Å². The molecular formula is C25H31BrClN3O4. The number of rotatable bonds is 9. The van der Waals surface area contributed by atoms with Crippen molar-refractivity contribution in [3.05, 3.63) is 51.1 Å². The van der Waals surface area contributed by atoms with E-state index in [9.17, 15) is 9.59 Å². The van der Waals surface area contributed by atoms with E-state index in [1.807, 2.05) is 39.0 Å². The Morgan fingerprint density at radius 1 is 1.21 bits per heavy atom. The molecule has 2 aromatic rings. The highest BCUT2D eigenvalue weighted by Gasteiger charge is 2.26. The van der Waals surface area contributed by atoms with Gasteiger partial charge in [-0.3, -0.25) is 9.59 Å². The maximum Gasteiger partial charge on any atom is 0.306 e. The minimum atomic E-state index is -0.727. The third-order valence-corrected chi connectivity index (χ3v) is 6.79. The number of benzene rings is 1. The molecule has 1 aromatic heterocycles. The summed E-state index contributed by atoms with van der Waals surface area (Å²) in [6, 6.07) is 7.32. The van der Waals surface area contributed by atoms with Crippen molar-refractivity contribution in [2.24, 2.45) is 11.8 Å². The van der Waals surface area contributed by atoms with Crippen molar-refractivity contribution in [2.45, 2.75) is 58.6 Å². The number of ether oxygens (including phenoxy) is 1. The van der Waals surface area contributed by atoms with Crippen molar-refractivity contribution in [3.8, 4) is 5.75 Å². The van der Waals surface area contributed by atoms with Gasteiger partial charge in [0.15, 0.2) is 0 Å². The van der Waals surface area contributed by atoms with Crippen molar-refractivity contribution in [3.63, 3.8) is 0 Å². The largest absolute Gasteiger partial charge is 0.491 e. The summed E-state index contributed by atoms with van der Waals surface area (Å²) in [6.07, 6.45) is 4.46. The lowest BCUT2D eigenvalue weighted by Crippen LogP contribution is -2.32. The van der Waals surface area contributed by atoms with Gasteiger partial charge in [-0.2, -0.15) is 0 Å². The molecule has 184 valence electrons. The van der Waals surface area contributed by atoms with E-state index in [0.717, 1.165) is 28.6 Å². The third-order valence-electron chi connectivity index (χ3n) is 6.00. The molecule has 0 aliphatic heterocycles. The molecule has 1 aromatic carbocycles. The van der Waals surface area contributed by atoms with Crippen LogP contribution in [0.25, 0.3) is 0 Å². The molecule has 0 unspecified atom stereocenters. The second kappa shape index (κ2) is 11.9. The zero-order chi connectivity index (χ0) is 24.8. The Morgan fingerprint density at radius 3 is 2.53 bits per heavy atom. The molecule has 3 rings (SSSR count). The van der Waals surface area contributed by atoms with Crippen LogP contribution in [0.3, 0.4) is 0 Å². The van der Waals surface area contributed by atoms with E-state index in [2.05, 4.69) is 31.5 Å². The summed E-state index contributed by atoms with van der Waals surface area (Å²) in [4.78, 5) is 28.1. The van der Waals surface area contributed by atoms with Gasteiger partial charge in [0, 0.05) is 22.8 Å². The molecule has 3 N–H and O–H groups in total. The fourth-order valence-electron chi connectivity index (χ4n) is 4.12. The van der Waals surface area contributed by atoms with Gasteiger partial charge in [-0.15, -0.1) is 0 Å². The van der Waals surface area contributed by atoms with Crippen LogP contribution in [0.1, 0.15) is 68.4 Å². The molecule has 0 spiro atoms. The minimum Gasteiger partial charge on any atom is -0.491 e. The van der Waals surface area contributed by atoms with Crippen LogP contribution in [0.2, 0.25) is 5.02 Å². The average molecular weight is 553 g/mol. The second-order valence-electron chi connectivity index (χ2n) is 9.04. The van der Waals surface area contributed by atoms with Crippen LogP contribution in [0.5, 0.6) is 5.75 Å². The first-order valence-corrected chi connectivity index (χ1v) is 12.7. The van der Waals surface area contributed by atoms with Gasteiger partial charge < -0.3 is 20.5 Å². The molecule has 0 saturated heterocycles. The Morgan fingerprint density at radius 2 is 1.91 bits per heavy atom. The second-order valence-corrected chi connectivity index (χ2v) is 10.4. The summed E-state index contributed by atoms with van der Waals surface area (Å²) in [7, 11) is 0.